The third-order valence-corrected chi connectivity index (χ3v) is 10.1. The summed E-state index contributed by atoms with van der Waals surface area (Å²) < 4.78 is 6.03. The number of carboxylic acids is 1. The lowest BCUT2D eigenvalue weighted by Crippen LogP contribution is -2.40. The summed E-state index contributed by atoms with van der Waals surface area (Å²) >= 11 is 0. The number of carbonyl (C=O) groups is 3. The highest BCUT2D eigenvalue weighted by Crippen LogP contribution is 2.19. The average molecular weight is 783 g/mol. The van der Waals surface area contributed by atoms with E-state index in [9.17, 15) is 19.5 Å². The van der Waals surface area contributed by atoms with E-state index in [4.69, 9.17) is 10.5 Å². The summed E-state index contributed by atoms with van der Waals surface area (Å²) in [5.74, 6) is -1.29. The number of hydrogen-bond acceptors (Lipinski definition) is 5. The second-order valence-electron chi connectivity index (χ2n) is 15.4. The van der Waals surface area contributed by atoms with Gasteiger partial charge in [-0.25, -0.2) is 4.79 Å². The van der Waals surface area contributed by atoms with Crippen molar-refractivity contribution in [3.8, 4) is 0 Å². The Morgan fingerprint density at radius 1 is 0.536 bits per heavy atom. The lowest BCUT2D eigenvalue weighted by Gasteiger charge is -2.18. The van der Waals surface area contributed by atoms with E-state index in [0.717, 1.165) is 96.3 Å². The van der Waals surface area contributed by atoms with Crippen molar-refractivity contribution in [2.75, 3.05) is 6.54 Å². The Morgan fingerprint density at radius 3 is 1.45 bits per heavy atom. The van der Waals surface area contributed by atoms with Crippen LogP contribution in [0.1, 0.15) is 213 Å². The van der Waals surface area contributed by atoms with Gasteiger partial charge in [-0.2, -0.15) is 0 Å². The van der Waals surface area contributed by atoms with Crippen molar-refractivity contribution in [3.63, 3.8) is 0 Å². The minimum absolute atomic E-state index is 0.0174. The zero-order valence-electron chi connectivity index (χ0n) is 36.2. The Morgan fingerprint density at radius 2 is 0.982 bits per heavy atom. The lowest BCUT2D eigenvalue weighted by molar-refractivity contribution is -0.150. The molecule has 0 aromatic carbocycles. The van der Waals surface area contributed by atoms with E-state index in [1.165, 1.54) is 77.0 Å². The number of ether oxygens (including phenoxy) is 1. The number of nitrogens with one attached hydrogen (secondary N) is 1. The van der Waals surface area contributed by atoms with Crippen LogP contribution in [0.4, 0.5) is 0 Å². The maximum atomic E-state index is 12.8. The average Bonchev–Trinajstić information content (AvgIpc) is 3.18. The van der Waals surface area contributed by atoms with Crippen LogP contribution in [0.5, 0.6) is 0 Å². The molecule has 0 fully saturated rings. The Labute approximate surface area is 344 Å². The Kier molecular flexibility index (Phi) is 40.9. The van der Waals surface area contributed by atoms with Gasteiger partial charge in [0, 0.05) is 12.8 Å². The molecule has 7 nitrogen and oxygen atoms in total. The maximum Gasteiger partial charge on any atom is 0.326 e. The molecule has 0 rings (SSSR count). The molecule has 7 heteroatoms. The normalized spacial score (nSPS) is 13.2. The van der Waals surface area contributed by atoms with E-state index >= 15 is 0 Å². The van der Waals surface area contributed by atoms with E-state index in [1.807, 2.05) is 0 Å². The van der Waals surface area contributed by atoms with Crippen molar-refractivity contribution in [1.82, 2.24) is 5.32 Å². The third kappa shape index (κ3) is 39.3. The minimum Gasteiger partial charge on any atom is -0.480 e. The monoisotopic (exact) mass is 783 g/mol. The molecular formula is C49H86N2O5. The molecule has 0 heterocycles. The number of esters is 1. The van der Waals surface area contributed by atoms with Gasteiger partial charge < -0.3 is 20.9 Å². The number of carboxylic acid groups (broad SMARTS) is 1. The molecule has 0 bridgehead atoms. The Bertz CT molecular complexity index is 1060. The highest BCUT2D eigenvalue weighted by atomic mass is 16.5. The van der Waals surface area contributed by atoms with Gasteiger partial charge in [0.15, 0.2) is 0 Å². The summed E-state index contributed by atoms with van der Waals surface area (Å²) in [5.41, 5.74) is 5.49. The van der Waals surface area contributed by atoms with Gasteiger partial charge in [-0.3, -0.25) is 9.59 Å². The number of aliphatic carboxylic acids is 1. The van der Waals surface area contributed by atoms with Crippen LogP contribution in [0.25, 0.3) is 0 Å². The second-order valence-corrected chi connectivity index (χ2v) is 15.4. The first kappa shape index (κ1) is 53.1. The molecule has 0 saturated carbocycles. The Balaban J connectivity index is 4.42. The van der Waals surface area contributed by atoms with Crippen LogP contribution in [0.2, 0.25) is 0 Å². The van der Waals surface area contributed by atoms with Crippen LogP contribution in [-0.2, 0) is 19.1 Å². The van der Waals surface area contributed by atoms with E-state index < -0.39 is 12.0 Å². The van der Waals surface area contributed by atoms with Gasteiger partial charge in [0.2, 0.25) is 5.91 Å². The molecule has 0 aromatic rings. The van der Waals surface area contributed by atoms with Gasteiger partial charge in [-0.1, -0.05) is 171 Å². The highest BCUT2D eigenvalue weighted by Gasteiger charge is 2.19. The molecule has 2 unspecified atom stereocenters. The maximum absolute atomic E-state index is 12.8. The van der Waals surface area contributed by atoms with Crippen LogP contribution in [-0.4, -0.2) is 41.6 Å². The third-order valence-electron chi connectivity index (χ3n) is 10.1. The van der Waals surface area contributed by atoms with Gasteiger partial charge in [0.05, 0.1) is 0 Å². The summed E-state index contributed by atoms with van der Waals surface area (Å²) in [6.07, 6.45) is 54.1. The fraction of sp³-hybridized carbons (Fsp3) is 0.735. The molecule has 1 amide bonds. The topological polar surface area (TPSA) is 119 Å². The van der Waals surface area contributed by atoms with Crippen molar-refractivity contribution in [2.24, 2.45) is 5.73 Å². The van der Waals surface area contributed by atoms with Gasteiger partial charge in [0.1, 0.15) is 12.1 Å². The quantitative estimate of drug-likeness (QED) is 0.0323. The fourth-order valence-electron chi connectivity index (χ4n) is 6.66. The number of carbonyl (C=O) groups excluding carboxylic acids is 2. The molecule has 2 atom stereocenters. The number of rotatable bonds is 41. The smallest absolute Gasteiger partial charge is 0.326 e. The largest absolute Gasteiger partial charge is 0.480 e. The number of allylic oxidation sites excluding steroid dienone is 10. The first-order valence-corrected chi connectivity index (χ1v) is 23.1. The molecule has 0 radical (unpaired) electrons. The van der Waals surface area contributed by atoms with Crippen LogP contribution >= 0.6 is 0 Å². The van der Waals surface area contributed by atoms with Crippen LogP contribution in [0, 0.1) is 0 Å². The van der Waals surface area contributed by atoms with Gasteiger partial charge in [-0.05, 0) is 96.4 Å². The zero-order valence-corrected chi connectivity index (χ0v) is 36.2. The van der Waals surface area contributed by atoms with Gasteiger partial charge in [0.25, 0.3) is 0 Å². The van der Waals surface area contributed by atoms with E-state index in [-0.39, 0.29) is 18.0 Å². The van der Waals surface area contributed by atoms with E-state index in [1.54, 1.807) is 0 Å². The number of nitrogens with two attached hydrogens (primary N) is 1. The molecule has 4 N–H and O–H groups in total. The SMILES string of the molecule is CC/C=C\C/C=C\C/C=C\C/C=C\C/C=C\CCCC(=O)OC(CCCCCCCCCCCCCCC)CCCCCCCC(=O)NC(CCCN)C(=O)O. The number of amides is 1. The molecule has 0 spiro atoms. The summed E-state index contributed by atoms with van der Waals surface area (Å²) in [4.78, 5) is 36.4. The van der Waals surface area contributed by atoms with Crippen molar-refractivity contribution >= 4 is 17.8 Å². The first-order chi connectivity index (χ1) is 27.4. The van der Waals surface area contributed by atoms with Crippen molar-refractivity contribution in [3.05, 3.63) is 60.8 Å². The first-order valence-electron chi connectivity index (χ1n) is 23.1. The van der Waals surface area contributed by atoms with Gasteiger partial charge in [-0.15, -0.1) is 0 Å². The predicted octanol–water partition coefficient (Wildman–Crippen LogP) is 13.3. The Hall–Kier alpha value is -2.93. The zero-order chi connectivity index (χ0) is 41.0. The molecule has 56 heavy (non-hydrogen) atoms. The standard InChI is InChI=1S/C49H86N2O5/c1-3-5-7-9-11-13-15-17-18-19-20-22-24-26-28-33-37-43-48(53)56-45(39-34-30-27-25-23-21-16-14-12-10-8-6-4-2)40-35-31-29-32-36-42-47(52)51-46(49(54)55)41-38-44-50/h5,7,11,13,17-18,20,22,26,28,45-46H,3-4,6,8-10,12,14-16,19,21,23-25,27,29-44,50H2,1-2H3,(H,51,52)(H,54,55)/b7-5-,13-11-,18-17-,22-20-,28-26-. The van der Waals surface area contributed by atoms with Crippen molar-refractivity contribution < 1.29 is 24.2 Å². The van der Waals surface area contributed by atoms with Crippen molar-refractivity contribution in [1.29, 1.82) is 0 Å². The molecule has 0 aliphatic heterocycles. The van der Waals surface area contributed by atoms with Crippen LogP contribution in [0.3, 0.4) is 0 Å². The summed E-state index contributed by atoms with van der Waals surface area (Å²) in [6, 6.07) is -0.862. The number of hydrogen-bond donors (Lipinski definition) is 3. The second kappa shape index (κ2) is 43.2. The molecule has 322 valence electrons. The number of unbranched alkanes of at least 4 members (excludes halogenated alkanes) is 17. The summed E-state index contributed by atoms with van der Waals surface area (Å²) in [5, 5.41) is 11.9. The molecular weight excluding hydrogens is 697 g/mol. The fourth-order valence-corrected chi connectivity index (χ4v) is 6.66. The lowest BCUT2D eigenvalue weighted by atomic mass is 10.0. The molecule has 0 aliphatic carbocycles. The van der Waals surface area contributed by atoms with Gasteiger partial charge >= 0.3 is 11.9 Å². The van der Waals surface area contributed by atoms with E-state index in [0.29, 0.717) is 32.2 Å². The van der Waals surface area contributed by atoms with E-state index in [2.05, 4.69) is 79.9 Å². The van der Waals surface area contributed by atoms with Crippen LogP contribution in [0.15, 0.2) is 60.8 Å². The predicted molar refractivity (Wildman–Crippen MR) is 239 cm³/mol. The molecule has 0 aliphatic rings. The highest BCUT2D eigenvalue weighted by molar-refractivity contribution is 5.83. The summed E-state index contributed by atoms with van der Waals surface area (Å²) in [6.45, 7) is 4.83. The molecule has 0 aromatic heterocycles. The summed E-state index contributed by atoms with van der Waals surface area (Å²) in [7, 11) is 0. The van der Waals surface area contributed by atoms with Crippen molar-refractivity contribution in [2.45, 2.75) is 225 Å². The van der Waals surface area contributed by atoms with Crippen LogP contribution < -0.4 is 11.1 Å². The molecule has 0 saturated heterocycles. The minimum atomic E-state index is -1.01.